The van der Waals surface area contributed by atoms with Crippen LogP contribution in [0.4, 0.5) is 0 Å². The molecular formula is C14H22N2O3. The van der Waals surface area contributed by atoms with E-state index in [4.69, 9.17) is 15.2 Å². The number of likely N-dealkylation sites (N-methyl/N-ethyl adjacent to an activating group) is 1. The molecule has 0 radical (unpaired) electrons. The van der Waals surface area contributed by atoms with Crippen LogP contribution in [0.5, 0.6) is 11.5 Å². The number of hydrogen-bond donors (Lipinski definition) is 1. The quantitative estimate of drug-likeness (QED) is 0.862. The Morgan fingerprint density at radius 2 is 1.95 bits per heavy atom. The Bertz CT molecular complexity index is 458. The van der Waals surface area contributed by atoms with Crippen molar-refractivity contribution in [3.8, 4) is 11.5 Å². The first-order valence-corrected chi connectivity index (χ1v) is 6.09. The van der Waals surface area contributed by atoms with Gasteiger partial charge >= 0.3 is 0 Å². The Hall–Kier alpha value is -1.75. The van der Waals surface area contributed by atoms with Crippen LogP contribution in [-0.2, 0) is 11.2 Å². The average molecular weight is 266 g/mol. The number of carbonyl (C=O) groups excluding carboxylic acids is 1. The third kappa shape index (κ3) is 3.61. The summed E-state index contributed by atoms with van der Waals surface area (Å²) in [5.74, 6) is 1.32. The average Bonchev–Trinajstić information content (AvgIpc) is 2.39. The number of benzene rings is 1. The van der Waals surface area contributed by atoms with Crippen molar-refractivity contribution in [2.75, 3.05) is 28.3 Å². The number of nitrogens with two attached hydrogens (primary N) is 1. The number of carbonyl (C=O) groups is 1. The van der Waals surface area contributed by atoms with Crippen molar-refractivity contribution in [2.24, 2.45) is 5.73 Å². The fraction of sp³-hybridized carbons (Fsp3) is 0.500. The van der Waals surface area contributed by atoms with Crippen LogP contribution in [0.25, 0.3) is 0 Å². The van der Waals surface area contributed by atoms with Crippen LogP contribution in [-0.4, -0.2) is 45.2 Å². The molecule has 1 rings (SSSR count). The number of rotatable bonds is 5. The van der Waals surface area contributed by atoms with Crippen LogP contribution >= 0.6 is 0 Å². The van der Waals surface area contributed by atoms with Gasteiger partial charge in [0.15, 0.2) is 0 Å². The van der Waals surface area contributed by atoms with E-state index in [0.717, 1.165) is 16.9 Å². The minimum Gasteiger partial charge on any atom is -0.497 e. The number of amides is 1. The molecule has 2 N–H and O–H groups in total. The topological polar surface area (TPSA) is 64.8 Å². The van der Waals surface area contributed by atoms with E-state index in [1.807, 2.05) is 13.0 Å². The van der Waals surface area contributed by atoms with Gasteiger partial charge in [0, 0.05) is 26.6 Å². The molecule has 1 aromatic carbocycles. The highest BCUT2D eigenvalue weighted by Gasteiger charge is 2.19. The molecule has 1 aromatic rings. The predicted molar refractivity (Wildman–Crippen MR) is 74.7 cm³/mol. The van der Waals surface area contributed by atoms with E-state index in [-0.39, 0.29) is 5.91 Å². The first kappa shape index (κ1) is 15.3. The maximum absolute atomic E-state index is 11.8. The van der Waals surface area contributed by atoms with Crippen LogP contribution in [0, 0.1) is 6.92 Å². The van der Waals surface area contributed by atoms with Crippen molar-refractivity contribution in [1.29, 1.82) is 0 Å². The first-order chi connectivity index (χ1) is 8.90. The molecular weight excluding hydrogens is 244 g/mol. The highest BCUT2D eigenvalue weighted by molar-refractivity contribution is 5.81. The Balaban J connectivity index is 3.03. The minimum absolute atomic E-state index is 0.0997. The van der Waals surface area contributed by atoms with Gasteiger partial charge in [-0.15, -0.1) is 0 Å². The largest absolute Gasteiger partial charge is 0.497 e. The SMILES string of the molecule is COc1cc(C)c(CC(N)C(=O)N(C)C)c(OC)c1. The lowest BCUT2D eigenvalue weighted by Crippen LogP contribution is -2.41. The zero-order valence-electron chi connectivity index (χ0n) is 12.2. The van der Waals surface area contributed by atoms with Crippen molar-refractivity contribution in [3.05, 3.63) is 23.3 Å². The third-order valence-corrected chi connectivity index (χ3v) is 3.04. The van der Waals surface area contributed by atoms with E-state index in [2.05, 4.69) is 0 Å². The molecule has 1 amide bonds. The Morgan fingerprint density at radius 1 is 1.32 bits per heavy atom. The predicted octanol–water partition coefficient (Wildman–Crippen LogP) is 0.970. The maximum Gasteiger partial charge on any atom is 0.239 e. The summed E-state index contributed by atoms with van der Waals surface area (Å²) in [6.45, 7) is 1.95. The Kier molecular flexibility index (Phi) is 5.18. The van der Waals surface area contributed by atoms with E-state index >= 15 is 0 Å². The summed E-state index contributed by atoms with van der Waals surface area (Å²) in [6.07, 6.45) is 0.440. The van der Waals surface area contributed by atoms with Gasteiger partial charge in [-0.3, -0.25) is 4.79 Å². The van der Waals surface area contributed by atoms with E-state index in [9.17, 15) is 4.79 Å². The molecule has 1 unspecified atom stereocenters. The van der Waals surface area contributed by atoms with E-state index < -0.39 is 6.04 Å². The second kappa shape index (κ2) is 6.43. The molecule has 5 heteroatoms. The molecule has 0 saturated carbocycles. The van der Waals surface area contributed by atoms with Gasteiger partial charge in [0.25, 0.3) is 0 Å². The molecule has 1 atom stereocenters. The third-order valence-electron chi connectivity index (χ3n) is 3.04. The zero-order valence-corrected chi connectivity index (χ0v) is 12.2. The molecule has 0 aromatic heterocycles. The van der Waals surface area contributed by atoms with Gasteiger partial charge < -0.3 is 20.1 Å². The van der Waals surface area contributed by atoms with Crippen molar-refractivity contribution in [2.45, 2.75) is 19.4 Å². The summed E-state index contributed by atoms with van der Waals surface area (Å²) in [5, 5.41) is 0. The molecule has 0 heterocycles. The van der Waals surface area contributed by atoms with E-state index in [0.29, 0.717) is 12.2 Å². The standard InChI is InChI=1S/C14H22N2O3/c1-9-6-10(18-4)7-13(19-5)11(9)8-12(15)14(17)16(2)3/h6-7,12H,8,15H2,1-5H3. The fourth-order valence-corrected chi connectivity index (χ4v) is 1.95. The first-order valence-electron chi connectivity index (χ1n) is 6.09. The molecule has 5 nitrogen and oxygen atoms in total. The van der Waals surface area contributed by atoms with Crippen LogP contribution in [0.2, 0.25) is 0 Å². The zero-order chi connectivity index (χ0) is 14.6. The van der Waals surface area contributed by atoms with Gasteiger partial charge in [-0.1, -0.05) is 0 Å². The van der Waals surface area contributed by atoms with E-state index in [1.165, 1.54) is 4.90 Å². The summed E-state index contributed by atoms with van der Waals surface area (Å²) in [4.78, 5) is 13.3. The molecule has 19 heavy (non-hydrogen) atoms. The Morgan fingerprint density at radius 3 is 2.42 bits per heavy atom. The lowest BCUT2D eigenvalue weighted by atomic mass is 9.99. The van der Waals surface area contributed by atoms with Gasteiger partial charge in [-0.05, 0) is 24.1 Å². The minimum atomic E-state index is -0.573. The van der Waals surface area contributed by atoms with E-state index in [1.54, 1.807) is 34.4 Å². The normalized spacial score (nSPS) is 11.9. The van der Waals surface area contributed by atoms with Crippen LogP contribution in [0.15, 0.2) is 12.1 Å². The van der Waals surface area contributed by atoms with Crippen molar-refractivity contribution >= 4 is 5.91 Å². The second-order valence-electron chi connectivity index (χ2n) is 4.67. The number of ether oxygens (including phenoxy) is 2. The highest BCUT2D eigenvalue weighted by atomic mass is 16.5. The van der Waals surface area contributed by atoms with Crippen LogP contribution in [0.3, 0.4) is 0 Å². The summed E-state index contributed by atoms with van der Waals surface area (Å²) >= 11 is 0. The Labute approximate surface area is 114 Å². The second-order valence-corrected chi connectivity index (χ2v) is 4.67. The maximum atomic E-state index is 11.8. The monoisotopic (exact) mass is 266 g/mol. The molecule has 0 aliphatic rings. The van der Waals surface area contributed by atoms with Gasteiger partial charge in [0.2, 0.25) is 5.91 Å². The molecule has 0 aliphatic carbocycles. The molecule has 0 aliphatic heterocycles. The van der Waals surface area contributed by atoms with Crippen molar-refractivity contribution in [3.63, 3.8) is 0 Å². The lowest BCUT2D eigenvalue weighted by Gasteiger charge is -2.19. The summed E-state index contributed by atoms with van der Waals surface area (Å²) in [7, 11) is 6.59. The number of methoxy groups -OCH3 is 2. The molecule has 0 saturated heterocycles. The summed E-state index contributed by atoms with van der Waals surface area (Å²) in [6, 6.07) is 3.14. The van der Waals surface area contributed by atoms with Gasteiger partial charge in [0.1, 0.15) is 11.5 Å². The van der Waals surface area contributed by atoms with Crippen molar-refractivity contribution < 1.29 is 14.3 Å². The molecule has 0 bridgehead atoms. The van der Waals surface area contributed by atoms with Gasteiger partial charge in [0.05, 0.1) is 20.3 Å². The number of aryl methyl sites for hydroxylation is 1. The molecule has 0 spiro atoms. The number of nitrogens with zero attached hydrogens (tertiary/aromatic N) is 1. The van der Waals surface area contributed by atoms with Crippen LogP contribution < -0.4 is 15.2 Å². The lowest BCUT2D eigenvalue weighted by molar-refractivity contribution is -0.130. The number of hydrogen-bond acceptors (Lipinski definition) is 4. The van der Waals surface area contributed by atoms with Crippen molar-refractivity contribution in [1.82, 2.24) is 4.90 Å². The molecule has 106 valence electrons. The smallest absolute Gasteiger partial charge is 0.239 e. The van der Waals surface area contributed by atoms with Crippen LogP contribution in [0.1, 0.15) is 11.1 Å². The van der Waals surface area contributed by atoms with Gasteiger partial charge in [-0.25, -0.2) is 0 Å². The van der Waals surface area contributed by atoms with Gasteiger partial charge in [-0.2, -0.15) is 0 Å². The fourth-order valence-electron chi connectivity index (χ4n) is 1.95. The summed E-state index contributed by atoms with van der Waals surface area (Å²) in [5.41, 5.74) is 7.87. The highest BCUT2D eigenvalue weighted by Crippen LogP contribution is 2.29. The molecule has 0 fully saturated rings. The summed E-state index contributed by atoms with van der Waals surface area (Å²) < 4.78 is 10.5.